The van der Waals surface area contributed by atoms with Gasteiger partial charge in [0.25, 0.3) is 0 Å². The number of hydrogen-bond donors (Lipinski definition) is 0. The number of nitriles is 2. The molecule has 0 radical (unpaired) electrons. The Labute approximate surface area is 245 Å². The van der Waals surface area contributed by atoms with Crippen LogP contribution in [-0.4, -0.2) is 9.13 Å². The van der Waals surface area contributed by atoms with Crippen molar-refractivity contribution >= 4 is 65.6 Å². The molecule has 0 fully saturated rings. The monoisotopic (exact) mass is 548 g/mol. The summed E-state index contributed by atoms with van der Waals surface area (Å²) in [5.74, 6) is 0. The molecule has 0 saturated carbocycles. The molecule has 0 aliphatic rings. The molecule has 0 unspecified atom stereocenters. The van der Waals surface area contributed by atoms with Crippen LogP contribution in [0.25, 0.3) is 76.9 Å². The molecule has 0 aliphatic carbocycles. The summed E-state index contributed by atoms with van der Waals surface area (Å²) in [6.45, 7) is 0. The number of hydrogen-bond acceptors (Lipinski definition) is 3. The summed E-state index contributed by atoms with van der Waals surface area (Å²) in [4.78, 5) is 0. The Hall–Kier alpha value is -6.30. The van der Waals surface area contributed by atoms with E-state index in [1.165, 1.54) is 0 Å². The second-order valence-corrected chi connectivity index (χ2v) is 10.7. The molecule has 198 valence electrons. The van der Waals surface area contributed by atoms with Crippen LogP contribution in [0.4, 0.5) is 0 Å². The summed E-state index contributed by atoms with van der Waals surface area (Å²) in [6, 6.07) is 45.4. The Bertz CT molecular complexity index is 2710. The highest BCUT2D eigenvalue weighted by Crippen LogP contribution is 2.42. The van der Waals surface area contributed by atoms with Crippen molar-refractivity contribution in [3.8, 4) is 23.5 Å². The minimum absolute atomic E-state index is 0.608. The SMILES string of the molecule is N#Cc1cccc2c3ccccc3n(-c3cccc4c3oc3cccc(-n5c6ccccc6c6cccc(C#N)c65)c34)c12. The fraction of sp³-hybridized carbons (Fsp3) is 0. The minimum atomic E-state index is 0.608. The predicted molar refractivity (Wildman–Crippen MR) is 172 cm³/mol. The van der Waals surface area contributed by atoms with Crippen molar-refractivity contribution in [2.45, 2.75) is 0 Å². The van der Waals surface area contributed by atoms with Crippen molar-refractivity contribution in [2.75, 3.05) is 0 Å². The van der Waals surface area contributed by atoms with E-state index in [9.17, 15) is 10.5 Å². The third-order valence-electron chi connectivity index (χ3n) is 8.59. The van der Waals surface area contributed by atoms with E-state index in [4.69, 9.17) is 4.42 Å². The third-order valence-corrected chi connectivity index (χ3v) is 8.59. The zero-order valence-electron chi connectivity index (χ0n) is 22.7. The first-order valence-electron chi connectivity index (χ1n) is 14.1. The molecule has 0 bridgehead atoms. The Morgan fingerprint density at radius 2 is 0.953 bits per heavy atom. The van der Waals surface area contributed by atoms with Gasteiger partial charge in [-0.15, -0.1) is 0 Å². The fourth-order valence-electron chi connectivity index (χ4n) is 6.89. The van der Waals surface area contributed by atoms with Crippen LogP contribution in [-0.2, 0) is 0 Å². The molecule has 9 rings (SSSR count). The summed E-state index contributed by atoms with van der Waals surface area (Å²) in [5, 5.41) is 26.4. The van der Waals surface area contributed by atoms with E-state index in [-0.39, 0.29) is 0 Å². The molecular weight excluding hydrogens is 528 g/mol. The highest BCUT2D eigenvalue weighted by molar-refractivity contribution is 6.17. The first-order valence-corrected chi connectivity index (χ1v) is 14.1. The van der Waals surface area contributed by atoms with Crippen molar-refractivity contribution in [3.05, 3.63) is 132 Å². The van der Waals surface area contributed by atoms with Gasteiger partial charge in [0.2, 0.25) is 0 Å². The molecule has 3 aromatic heterocycles. The maximum atomic E-state index is 10.1. The molecule has 5 nitrogen and oxygen atoms in total. The lowest BCUT2D eigenvalue weighted by atomic mass is 10.1. The number of fused-ring (bicyclic) bond motifs is 9. The van der Waals surface area contributed by atoms with E-state index in [0.717, 1.165) is 76.9 Å². The van der Waals surface area contributed by atoms with Gasteiger partial charge in [0.1, 0.15) is 17.7 Å². The summed E-state index contributed by atoms with van der Waals surface area (Å²) >= 11 is 0. The van der Waals surface area contributed by atoms with Crippen molar-refractivity contribution in [1.82, 2.24) is 9.13 Å². The van der Waals surface area contributed by atoms with Crippen LogP contribution in [0.1, 0.15) is 11.1 Å². The van der Waals surface area contributed by atoms with E-state index in [1.54, 1.807) is 0 Å². The van der Waals surface area contributed by atoms with Gasteiger partial charge in [-0.05, 0) is 42.5 Å². The quantitative estimate of drug-likeness (QED) is 0.216. The second kappa shape index (κ2) is 8.60. The summed E-state index contributed by atoms with van der Waals surface area (Å²) in [7, 11) is 0. The van der Waals surface area contributed by atoms with E-state index in [2.05, 4.69) is 75.9 Å². The van der Waals surface area contributed by atoms with Crippen LogP contribution < -0.4 is 0 Å². The molecule has 5 heteroatoms. The van der Waals surface area contributed by atoms with Gasteiger partial charge in [-0.3, -0.25) is 0 Å². The van der Waals surface area contributed by atoms with Crippen molar-refractivity contribution in [1.29, 1.82) is 10.5 Å². The molecule has 3 heterocycles. The molecular formula is C38H20N4O. The molecule has 6 aromatic carbocycles. The standard InChI is InChI=1S/C38H20N4O/c39-21-23-9-5-13-27-25-11-1-3-16-30(25)41(36(23)27)32-18-8-20-34-35(32)29-15-7-19-33(38(29)43-34)42-31-17-4-2-12-26(31)28-14-6-10-24(22-40)37(28)42/h1-20H. The molecule has 43 heavy (non-hydrogen) atoms. The number of nitrogens with zero attached hydrogens (tertiary/aromatic N) is 4. The lowest BCUT2D eigenvalue weighted by Crippen LogP contribution is -1.97. The lowest BCUT2D eigenvalue weighted by molar-refractivity contribution is 0.666. The van der Waals surface area contributed by atoms with Crippen LogP contribution in [0.5, 0.6) is 0 Å². The first-order chi connectivity index (χ1) is 21.3. The van der Waals surface area contributed by atoms with Crippen molar-refractivity contribution in [3.63, 3.8) is 0 Å². The van der Waals surface area contributed by atoms with E-state index >= 15 is 0 Å². The molecule has 9 aromatic rings. The minimum Gasteiger partial charge on any atom is -0.454 e. The topological polar surface area (TPSA) is 70.6 Å². The maximum absolute atomic E-state index is 10.1. The number of para-hydroxylation sites is 5. The van der Waals surface area contributed by atoms with Crippen molar-refractivity contribution < 1.29 is 4.42 Å². The van der Waals surface area contributed by atoms with Gasteiger partial charge in [0.05, 0.1) is 50.0 Å². The van der Waals surface area contributed by atoms with Gasteiger partial charge in [-0.2, -0.15) is 10.5 Å². The average molecular weight is 549 g/mol. The summed E-state index contributed by atoms with van der Waals surface area (Å²) in [6.07, 6.45) is 0. The van der Waals surface area contributed by atoms with Gasteiger partial charge in [-0.25, -0.2) is 0 Å². The Balaban J connectivity index is 1.44. The number of aromatic nitrogens is 2. The molecule has 0 amide bonds. The predicted octanol–water partition coefficient (Wildman–Crippen LogP) is 9.52. The fourth-order valence-corrected chi connectivity index (χ4v) is 6.89. The second-order valence-electron chi connectivity index (χ2n) is 10.7. The molecule has 0 saturated heterocycles. The Morgan fingerprint density at radius 3 is 1.58 bits per heavy atom. The third kappa shape index (κ3) is 3.03. The van der Waals surface area contributed by atoms with Crippen LogP contribution in [0.15, 0.2) is 126 Å². The lowest BCUT2D eigenvalue weighted by Gasteiger charge is -2.11. The summed E-state index contributed by atoms with van der Waals surface area (Å²) < 4.78 is 11.1. The van der Waals surface area contributed by atoms with Crippen LogP contribution in [0.2, 0.25) is 0 Å². The first kappa shape index (κ1) is 23.4. The normalized spacial score (nSPS) is 11.7. The zero-order valence-corrected chi connectivity index (χ0v) is 22.7. The summed E-state index contributed by atoms with van der Waals surface area (Å²) in [5.41, 5.74) is 8.31. The van der Waals surface area contributed by atoms with Crippen LogP contribution in [0, 0.1) is 22.7 Å². The zero-order chi connectivity index (χ0) is 28.7. The largest absolute Gasteiger partial charge is 0.454 e. The smallest absolute Gasteiger partial charge is 0.159 e. The van der Waals surface area contributed by atoms with Crippen molar-refractivity contribution in [2.24, 2.45) is 0 Å². The highest BCUT2D eigenvalue weighted by Gasteiger charge is 2.22. The highest BCUT2D eigenvalue weighted by atomic mass is 16.3. The average Bonchev–Trinajstić information content (AvgIpc) is 3.72. The maximum Gasteiger partial charge on any atom is 0.159 e. The van der Waals surface area contributed by atoms with E-state index < -0.39 is 0 Å². The molecule has 0 aliphatic heterocycles. The Kier molecular flexibility index (Phi) is 4.68. The number of rotatable bonds is 2. The number of benzene rings is 6. The van der Waals surface area contributed by atoms with Gasteiger partial charge in [0.15, 0.2) is 5.58 Å². The van der Waals surface area contributed by atoms with Crippen LogP contribution >= 0.6 is 0 Å². The molecule has 0 atom stereocenters. The van der Waals surface area contributed by atoms with Crippen LogP contribution in [0.3, 0.4) is 0 Å². The number of furan rings is 1. The van der Waals surface area contributed by atoms with E-state index in [1.807, 2.05) is 66.7 Å². The van der Waals surface area contributed by atoms with Gasteiger partial charge >= 0.3 is 0 Å². The Morgan fingerprint density at radius 1 is 0.465 bits per heavy atom. The van der Waals surface area contributed by atoms with Gasteiger partial charge in [-0.1, -0.05) is 78.9 Å². The van der Waals surface area contributed by atoms with Gasteiger partial charge < -0.3 is 13.6 Å². The van der Waals surface area contributed by atoms with E-state index in [0.29, 0.717) is 11.1 Å². The molecule has 0 N–H and O–H groups in total. The molecule has 0 spiro atoms. The van der Waals surface area contributed by atoms with Gasteiger partial charge in [0, 0.05) is 26.9 Å².